The third-order valence-corrected chi connectivity index (χ3v) is 3.84. The summed E-state index contributed by atoms with van der Waals surface area (Å²) in [5, 5.41) is 0. The van der Waals surface area contributed by atoms with E-state index in [1.165, 1.54) is 25.7 Å². The second-order valence-corrected chi connectivity index (χ2v) is 4.47. The summed E-state index contributed by atoms with van der Waals surface area (Å²) in [5.74, 6) is 4.22. The Morgan fingerprint density at radius 1 is 1.17 bits per heavy atom. The second-order valence-electron chi connectivity index (χ2n) is 4.47. The summed E-state index contributed by atoms with van der Waals surface area (Å²) in [6.45, 7) is 9.46. The van der Waals surface area contributed by atoms with Crippen molar-refractivity contribution in [2.75, 3.05) is 0 Å². The normalized spacial score (nSPS) is 36.5. The molecule has 0 radical (unpaired) electrons. The van der Waals surface area contributed by atoms with Crippen LogP contribution in [0.5, 0.6) is 0 Å². The maximum atomic E-state index is 2.44. The minimum Gasteiger partial charge on any atom is -0.0654 e. The highest BCUT2D eigenvalue weighted by Crippen LogP contribution is 2.54. The van der Waals surface area contributed by atoms with Crippen molar-refractivity contribution in [3.05, 3.63) is 0 Å². The van der Waals surface area contributed by atoms with Crippen LogP contribution < -0.4 is 0 Å². The summed E-state index contributed by atoms with van der Waals surface area (Å²) < 4.78 is 0. The van der Waals surface area contributed by atoms with E-state index in [9.17, 15) is 0 Å². The average molecular weight is 168 g/mol. The van der Waals surface area contributed by atoms with Crippen LogP contribution in [-0.2, 0) is 0 Å². The molecule has 0 aromatic rings. The quantitative estimate of drug-likeness (QED) is 0.579. The van der Waals surface area contributed by atoms with E-state index in [1.807, 2.05) is 0 Å². The smallest absolute Gasteiger partial charge is 0.0326 e. The summed E-state index contributed by atoms with van der Waals surface area (Å²) in [6, 6.07) is 0. The van der Waals surface area contributed by atoms with Crippen LogP contribution in [0.1, 0.15) is 53.4 Å². The molecule has 0 heteroatoms. The summed E-state index contributed by atoms with van der Waals surface area (Å²) in [4.78, 5) is 0. The van der Waals surface area contributed by atoms with Crippen LogP contribution in [-0.4, -0.2) is 0 Å². The Hall–Kier alpha value is 0. The Kier molecular flexibility index (Phi) is 3.61. The monoisotopic (exact) mass is 168 g/mol. The molecule has 0 amide bonds. The first-order chi connectivity index (χ1) is 5.76. The van der Waals surface area contributed by atoms with Gasteiger partial charge in [0.05, 0.1) is 0 Å². The first kappa shape index (κ1) is 10.1. The lowest BCUT2D eigenvalue weighted by atomic mass is 9.93. The van der Waals surface area contributed by atoms with Crippen molar-refractivity contribution in [3.8, 4) is 0 Å². The third-order valence-electron chi connectivity index (χ3n) is 3.84. The highest BCUT2D eigenvalue weighted by Gasteiger charge is 2.48. The summed E-state index contributed by atoms with van der Waals surface area (Å²) in [7, 11) is 0. The van der Waals surface area contributed by atoms with Gasteiger partial charge in [-0.1, -0.05) is 53.4 Å². The number of hydrogen-bond donors (Lipinski definition) is 0. The van der Waals surface area contributed by atoms with E-state index >= 15 is 0 Å². The molecule has 4 atom stereocenters. The van der Waals surface area contributed by atoms with Crippen LogP contribution in [0.4, 0.5) is 0 Å². The van der Waals surface area contributed by atoms with Gasteiger partial charge in [0.1, 0.15) is 0 Å². The molecule has 0 aromatic heterocycles. The first-order valence-corrected chi connectivity index (χ1v) is 5.76. The molecule has 1 aliphatic rings. The number of hydrogen-bond acceptors (Lipinski definition) is 0. The van der Waals surface area contributed by atoms with E-state index in [-0.39, 0.29) is 0 Å². The molecule has 0 nitrogen and oxygen atoms in total. The minimum absolute atomic E-state index is 1.03. The van der Waals surface area contributed by atoms with Crippen molar-refractivity contribution < 1.29 is 0 Å². The molecule has 0 aliphatic heterocycles. The average Bonchev–Trinajstić information content (AvgIpc) is 2.72. The van der Waals surface area contributed by atoms with E-state index in [4.69, 9.17) is 0 Å². The molecule has 1 rings (SSSR count). The van der Waals surface area contributed by atoms with E-state index in [0.29, 0.717) is 0 Å². The Labute approximate surface area is 77.7 Å². The SMILES string of the molecule is CCCC(CC)C1C(C)C1CC. The highest BCUT2D eigenvalue weighted by atomic mass is 14.5. The van der Waals surface area contributed by atoms with Gasteiger partial charge in [0.2, 0.25) is 0 Å². The molecule has 0 saturated heterocycles. The van der Waals surface area contributed by atoms with E-state index in [0.717, 1.165) is 23.7 Å². The molecule has 4 unspecified atom stereocenters. The molecule has 72 valence electrons. The Balaban J connectivity index is 2.36. The lowest BCUT2D eigenvalue weighted by Crippen LogP contribution is -2.03. The number of rotatable bonds is 5. The van der Waals surface area contributed by atoms with Crippen molar-refractivity contribution in [1.82, 2.24) is 0 Å². The largest absolute Gasteiger partial charge is 0.0654 e. The first-order valence-electron chi connectivity index (χ1n) is 5.76. The Morgan fingerprint density at radius 3 is 2.17 bits per heavy atom. The van der Waals surface area contributed by atoms with Crippen molar-refractivity contribution in [2.45, 2.75) is 53.4 Å². The zero-order valence-electron chi connectivity index (χ0n) is 9.14. The van der Waals surface area contributed by atoms with Gasteiger partial charge in [-0.05, 0) is 23.7 Å². The minimum atomic E-state index is 1.03. The Morgan fingerprint density at radius 2 is 1.83 bits per heavy atom. The van der Waals surface area contributed by atoms with Crippen LogP contribution in [0.2, 0.25) is 0 Å². The molecule has 1 aliphatic carbocycles. The van der Waals surface area contributed by atoms with Gasteiger partial charge in [-0.2, -0.15) is 0 Å². The fraction of sp³-hybridized carbons (Fsp3) is 1.00. The molecule has 0 heterocycles. The molecule has 0 N–H and O–H groups in total. The van der Waals surface area contributed by atoms with Gasteiger partial charge in [-0.25, -0.2) is 0 Å². The topological polar surface area (TPSA) is 0 Å². The molecular weight excluding hydrogens is 144 g/mol. The van der Waals surface area contributed by atoms with Crippen molar-refractivity contribution in [1.29, 1.82) is 0 Å². The van der Waals surface area contributed by atoms with Gasteiger partial charge >= 0.3 is 0 Å². The lowest BCUT2D eigenvalue weighted by Gasteiger charge is -2.13. The van der Waals surface area contributed by atoms with Crippen LogP contribution in [0.15, 0.2) is 0 Å². The molecule has 0 bridgehead atoms. The predicted molar refractivity (Wildman–Crippen MR) is 55.1 cm³/mol. The molecule has 1 saturated carbocycles. The van der Waals surface area contributed by atoms with Crippen LogP contribution in [0.25, 0.3) is 0 Å². The van der Waals surface area contributed by atoms with Crippen LogP contribution >= 0.6 is 0 Å². The molecule has 0 aromatic carbocycles. The van der Waals surface area contributed by atoms with E-state index in [2.05, 4.69) is 27.7 Å². The highest BCUT2D eigenvalue weighted by molar-refractivity contribution is 4.96. The zero-order chi connectivity index (χ0) is 9.14. The van der Waals surface area contributed by atoms with Crippen LogP contribution in [0, 0.1) is 23.7 Å². The van der Waals surface area contributed by atoms with Crippen LogP contribution in [0.3, 0.4) is 0 Å². The van der Waals surface area contributed by atoms with Crippen molar-refractivity contribution >= 4 is 0 Å². The second kappa shape index (κ2) is 4.30. The maximum absolute atomic E-state index is 2.44. The fourth-order valence-corrected chi connectivity index (χ4v) is 3.04. The zero-order valence-corrected chi connectivity index (χ0v) is 9.14. The van der Waals surface area contributed by atoms with Gasteiger partial charge < -0.3 is 0 Å². The molecule has 0 spiro atoms. The Bertz CT molecular complexity index is 128. The van der Waals surface area contributed by atoms with Gasteiger partial charge in [0.25, 0.3) is 0 Å². The lowest BCUT2D eigenvalue weighted by molar-refractivity contribution is 0.378. The summed E-state index contributed by atoms with van der Waals surface area (Å²) in [5.41, 5.74) is 0. The fourth-order valence-electron chi connectivity index (χ4n) is 3.04. The standard InChI is InChI=1S/C12H24/c1-5-8-10(6-2)12-9(4)11(12)7-3/h9-12H,5-8H2,1-4H3. The predicted octanol–water partition coefficient (Wildman–Crippen LogP) is 4.10. The van der Waals surface area contributed by atoms with Gasteiger partial charge in [0, 0.05) is 0 Å². The molecular formula is C12H24. The maximum Gasteiger partial charge on any atom is -0.0326 e. The third kappa shape index (κ3) is 1.84. The van der Waals surface area contributed by atoms with Gasteiger partial charge in [-0.15, -0.1) is 0 Å². The summed E-state index contributed by atoms with van der Waals surface area (Å²) >= 11 is 0. The van der Waals surface area contributed by atoms with E-state index in [1.54, 1.807) is 0 Å². The molecule has 1 fully saturated rings. The van der Waals surface area contributed by atoms with Gasteiger partial charge in [0.15, 0.2) is 0 Å². The van der Waals surface area contributed by atoms with E-state index < -0.39 is 0 Å². The summed E-state index contributed by atoms with van der Waals surface area (Å²) in [6.07, 6.45) is 5.64. The van der Waals surface area contributed by atoms with Crippen molar-refractivity contribution in [2.24, 2.45) is 23.7 Å². The molecule has 12 heavy (non-hydrogen) atoms. The van der Waals surface area contributed by atoms with Crippen molar-refractivity contribution in [3.63, 3.8) is 0 Å². The van der Waals surface area contributed by atoms with Gasteiger partial charge in [-0.3, -0.25) is 0 Å².